The highest BCUT2D eigenvalue weighted by Crippen LogP contribution is 2.22. The number of nitrogens with zero attached hydrogens (tertiary/aromatic N) is 4. The zero-order chi connectivity index (χ0) is 16.2. The van der Waals surface area contributed by atoms with Crippen LogP contribution in [0.4, 0.5) is 0 Å². The first-order valence-corrected chi connectivity index (χ1v) is 8.21. The van der Waals surface area contributed by atoms with Gasteiger partial charge in [0.1, 0.15) is 17.2 Å². The first-order chi connectivity index (χ1) is 11.2. The van der Waals surface area contributed by atoms with Gasteiger partial charge in [-0.2, -0.15) is 5.10 Å². The maximum Gasteiger partial charge on any atom is 0.244 e. The van der Waals surface area contributed by atoms with Crippen molar-refractivity contribution in [2.45, 2.75) is 26.4 Å². The van der Waals surface area contributed by atoms with Crippen molar-refractivity contribution in [3.8, 4) is 0 Å². The van der Waals surface area contributed by atoms with Crippen LogP contribution in [0, 0.1) is 0 Å². The van der Waals surface area contributed by atoms with Gasteiger partial charge >= 0.3 is 0 Å². The first kappa shape index (κ1) is 15.4. The van der Waals surface area contributed by atoms with Crippen molar-refractivity contribution < 1.29 is 4.79 Å². The predicted molar refractivity (Wildman–Crippen MR) is 90.9 cm³/mol. The molecule has 0 saturated heterocycles. The molecule has 0 aliphatic rings. The van der Waals surface area contributed by atoms with Gasteiger partial charge in [-0.1, -0.05) is 12.1 Å². The molecule has 1 N–H and O–H groups in total. The number of rotatable bonds is 5. The first-order valence-electron chi connectivity index (χ1n) is 7.39. The smallest absolute Gasteiger partial charge is 0.244 e. The Morgan fingerprint density at radius 3 is 3.04 bits per heavy atom. The van der Waals surface area contributed by atoms with Gasteiger partial charge in [0.25, 0.3) is 0 Å². The SMILES string of the molecule is CCn1ncnc1C(C)NC(=O)C=Cc1nc2ccccc2s1. The van der Waals surface area contributed by atoms with E-state index >= 15 is 0 Å². The summed E-state index contributed by atoms with van der Waals surface area (Å²) in [6.07, 6.45) is 4.73. The molecule has 0 aliphatic carbocycles. The molecule has 2 heterocycles. The van der Waals surface area contributed by atoms with Crippen LogP contribution in [0.1, 0.15) is 30.7 Å². The van der Waals surface area contributed by atoms with E-state index in [4.69, 9.17) is 0 Å². The molecular weight excluding hydrogens is 310 g/mol. The summed E-state index contributed by atoms with van der Waals surface area (Å²) in [5, 5.41) is 7.81. The van der Waals surface area contributed by atoms with Crippen molar-refractivity contribution in [3.63, 3.8) is 0 Å². The van der Waals surface area contributed by atoms with Gasteiger partial charge in [-0.05, 0) is 32.1 Å². The number of hydrogen-bond donors (Lipinski definition) is 1. The van der Waals surface area contributed by atoms with E-state index in [1.54, 1.807) is 22.1 Å². The average molecular weight is 327 g/mol. The van der Waals surface area contributed by atoms with Crippen LogP contribution >= 0.6 is 11.3 Å². The summed E-state index contributed by atoms with van der Waals surface area (Å²) in [4.78, 5) is 20.7. The maximum absolute atomic E-state index is 12.1. The predicted octanol–water partition coefficient (Wildman–Crippen LogP) is 2.80. The van der Waals surface area contributed by atoms with Gasteiger partial charge in [-0.15, -0.1) is 11.3 Å². The van der Waals surface area contributed by atoms with Crippen molar-refractivity contribution in [3.05, 3.63) is 47.5 Å². The van der Waals surface area contributed by atoms with Crippen LogP contribution in [0.3, 0.4) is 0 Å². The van der Waals surface area contributed by atoms with Crippen LogP contribution in [0.15, 0.2) is 36.7 Å². The topological polar surface area (TPSA) is 72.7 Å². The van der Waals surface area contributed by atoms with Crippen molar-refractivity contribution in [1.29, 1.82) is 0 Å². The molecule has 0 bridgehead atoms. The molecule has 118 valence electrons. The second-order valence-electron chi connectivity index (χ2n) is 5.02. The van der Waals surface area contributed by atoms with E-state index in [-0.39, 0.29) is 11.9 Å². The normalized spacial score (nSPS) is 12.8. The molecule has 0 fully saturated rings. The second kappa shape index (κ2) is 6.70. The van der Waals surface area contributed by atoms with Gasteiger partial charge < -0.3 is 5.32 Å². The second-order valence-corrected chi connectivity index (χ2v) is 6.08. The minimum atomic E-state index is -0.204. The maximum atomic E-state index is 12.1. The van der Waals surface area contributed by atoms with Gasteiger partial charge in [0.2, 0.25) is 5.91 Å². The Hall–Kier alpha value is -2.54. The molecule has 1 aromatic carbocycles. The molecule has 0 radical (unpaired) electrons. The van der Waals surface area contributed by atoms with E-state index in [9.17, 15) is 4.79 Å². The van der Waals surface area contributed by atoms with Crippen LogP contribution in [0.2, 0.25) is 0 Å². The van der Waals surface area contributed by atoms with Crippen molar-refractivity contribution >= 4 is 33.5 Å². The third-order valence-corrected chi connectivity index (χ3v) is 4.38. The van der Waals surface area contributed by atoms with E-state index in [0.29, 0.717) is 0 Å². The van der Waals surface area contributed by atoms with Crippen LogP contribution in [-0.4, -0.2) is 25.7 Å². The van der Waals surface area contributed by atoms with Crippen molar-refractivity contribution in [2.24, 2.45) is 0 Å². The number of amides is 1. The van der Waals surface area contributed by atoms with Gasteiger partial charge in [-0.25, -0.2) is 14.6 Å². The Labute approximate surface area is 137 Å². The lowest BCUT2D eigenvalue weighted by Gasteiger charge is -2.12. The lowest BCUT2D eigenvalue weighted by Crippen LogP contribution is -2.27. The van der Waals surface area contributed by atoms with Crippen LogP contribution in [0.25, 0.3) is 16.3 Å². The van der Waals surface area contributed by atoms with E-state index in [1.807, 2.05) is 38.1 Å². The number of nitrogens with one attached hydrogen (secondary N) is 1. The molecular formula is C16H17N5OS. The van der Waals surface area contributed by atoms with E-state index in [1.165, 1.54) is 12.4 Å². The molecule has 1 amide bonds. The summed E-state index contributed by atoms with van der Waals surface area (Å²) in [6.45, 7) is 4.59. The third-order valence-electron chi connectivity index (χ3n) is 3.38. The molecule has 6 nitrogen and oxygen atoms in total. The Bertz CT molecular complexity index is 818. The fourth-order valence-corrected chi connectivity index (χ4v) is 3.16. The quantitative estimate of drug-likeness (QED) is 0.731. The number of thiazole rings is 1. The minimum absolute atomic E-state index is 0.178. The number of hydrogen-bond acceptors (Lipinski definition) is 5. The standard InChI is InChI=1S/C16H17N5OS/c1-3-21-16(17-10-18-21)11(2)19-14(22)8-9-15-20-12-6-4-5-7-13(12)23-15/h4-11H,3H2,1-2H3,(H,19,22). The number of aromatic nitrogens is 4. The zero-order valence-electron chi connectivity index (χ0n) is 12.9. The van der Waals surface area contributed by atoms with Crippen molar-refractivity contribution in [2.75, 3.05) is 0 Å². The third kappa shape index (κ3) is 3.45. The zero-order valence-corrected chi connectivity index (χ0v) is 13.7. The molecule has 7 heteroatoms. The number of carbonyl (C=O) groups excluding carboxylic acids is 1. The Morgan fingerprint density at radius 2 is 2.26 bits per heavy atom. The van der Waals surface area contributed by atoms with Gasteiger partial charge in [-0.3, -0.25) is 4.79 Å². The number of fused-ring (bicyclic) bond motifs is 1. The fourth-order valence-electron chi connectivity index (χ4n) is 2.29. The minimum Gasteiger partial charge on any atom is -0.343 e. The molecule has 0 spiro atoms. The highest BCUT2D eigenvalue weighted by molar-refractivity contribution is 7.19. The highest BCUT2D eigenvalue weighted by Gasteiger charge is 2.13. The monoisotopic (exact) mass is 327 g/mol. The molecule has 1 unspecified atom stereocenters. The Kier molecular flexibility index (Phi) is 4.47. The Morgan fingerprint density at radius 1 is 1.43 bits per heavy atom. The number of para-hydroxylation sites is 1. The summed E-state index contributed by atoms with van der Waals surface area (Å²) in [5.41, 5.74) is 0.946. The summed E-state index contributed by atoms with van der Waals surface area (Å²) >= 11 is 1.56. The molecule has 23 heavy (non-hydrogen) atoms. The molecule has 1 atom stereocenters. The van der Waals surface area contributed by atoms with Crippen LogP contribution in [-0.2, 0) is 11.3 Å². The van der Waals surface area contributed by atoms with Crippen molar-refractivity contribution in [1.82, 2.24) is 25.1 Å². The van der Waals surface area contributed by atoms with Gasteiger partial charge in [0.15, 0.2) is 0 Å². The van der Waals surface area contributed by atoms with E-state index in [0.717, 1.165) is 27.6 Å². The molecule has 0 saturated carbocycles. The average Bonchev–Trinajstić information content (AvgIpc) is 3.18. The number of carbonyl (C=O) groups is 1. The lowest BCUT2D eigenvalue weighted by atomic mass is 10.3. The van der Waals surface area contributed by atoms with E-state index < -0.39 is 0 Å². The summed E-state index contributed by atoms with van der Waals surface area (Å²) < 4.78 is 2.87. The largest absolute Gasteiger partial charge is 0.343 e. The summed E-state index contributed by atoms with van der Waals surface area (Å²) in [7, 11) is 0. The molecule has 0 aliphatic heterocycles. The molecule has 2 aromatic heterocycles. The molecule has 3 aromatic rings. The molecule has 3 rings (SSSR count). The number of aryl methyl sites for hydroxylation is 1. The summed E-state index contributed by atoms with van der Waals surface area (Å²) in [6, 6.07) is 7.71. The van der Waals surface area contributed by atoms with Crippen LogP contribution < -0.4 is 5.32 Å². The fraction of sp³-hybridized carbons (Fsp3) is 0.250. The van der Waals surface area contributed by atoms with Gasteiger partial charge in [0, 0.05) is 12.6 Å². The number of benzene rings is 1. The van der Waals surface area contributed by atoms with Crippen LogP contribution in [0.5, 0.6) is 0 Å². The van der Waals surface area contributed by atoms with E-state index in [2.05, 4.69) is 20.4 Å². The highest BCUT2D eigenvalue weighted by atomic mass is 32.1. The summed E-state index contributed by atoms with van der Waals surface area (Å²) in [5.74, 6) is 0.566. The Balaban J connectivity index is 1.66. The van der Waals surface area contributed by atoms with Gasteiger partial charge in [0.05, 0.1) is 16.3 Å². The lowest BCUT2D eigenvalue weighted by molar-refractivity contribution is -0.117.